The molecule has 0 spiro atoms. The maximum absolute atomic E-state index is 12.2. The third kappa shape index (κ3) is 3.03. The first kappa shape index (κ1) is 14.7. The van der Waals surface area contributed by atoms with Gasteiger partial charge in [-0.1, -0.05) is 6.07 Å². The van der Waals surface area contributed by atoms with E-state index in [4.69, 9.17) is 5.26 Å². The molecule has 8 nitrogen and oxygen atoms in total. The van der Waals surface area contributed by atoms with E-state index in [1.807, 2.05) is 32.0 Å². The summed E-state index contributed by atoms with van der Waals surface area (Å²) in [5.74, 6) is 0.111. The summed E-state index contributed by atoms with van der Waals surface area (Å²) in [6.45, 7) is 3.99. The number of aromatic nitrogens is 4. The summed E-state index contributed by atoms with van der Waals surface area (Å²) >= 11 is 0. The fraction of sp³-hybridized carbons (Fsp3) is 0.267. The summed E-state index contributed by atoms with van der Waals surface area (Å²) in [5, 5.41) is 28.3. The van der Waals surface area contributed by atoms with E-state index in [9.17, 15) is 4.79 Å². The topological polar surface area (TPSA) is 119 Å². The molecule has 1 aromatic heterocycles. The first-order valence-corrected chi connectivity index (χ1v) is 7.04. The van der Waals surface area contributed by atoms with E-state index in [-0.39, 0.29) is 22.8 Å². The number of allylic oxidation sites excluding steroid dienone is 1. The number of tetrazole rings is 1. The Bertz CT molecular complexity index is 815. The monoisotopic (exact) mass is 309 g/mol. The second-order valence-corrected chi connectivity index (χ2v) is 5.94. The van der Waals surface area contributed by atoms with E-state index in [2.05, 4.69) is 31.3 Å². The van der Waals surface area contributed by atoms with Crippen LogP contribution >= 0.6 is 0 Å². The van der Waals surface area contributed by atoms with Crippen molar-refractivity contribution in [3.63, 3.8) is 0 Å². The molecule has 2 heterocycles. The number of nitrogens with one attached hydrogen (secondary N) is 3. The Labute approximate surface area is 132 Å². The van der Waals surface area contributed by atoms with E-state index < -0.39 is 0 Å². The number of amides is 1. The fourth-order valence-electron chi connectivity index (χ4n) is 2.50. The third-order valence-corrected chi connectivity index (χ3v) is 3.53. The zero-order chi connectivity index (χ0) is 16.4. The lowest BCUT2D eigenvalue weighted by Gasteiger charge is -2.32. The van der Waals surface area contributed by atoms with Crippen LogP contribution in [0, 0.1) is 11.3 Å². The lowest BCUT2D eigenvalue weighted by molar-refractivity contribution is 0.0897. The molecular formula is C15H15N7O. The van der Waals surface area contributed by atoms with Crippen molar-refractivity contribution in [2.75, 3.05) is 5.32 Å². The molecule has 0 radical (unpaired) electrons. The largest absolute Gasteiger partial charge is 0.360 e. The van der Waals surface area contributed by atoms with Crippen LogP contribution in [0.15, 0.2) is 24.4 Å². The average molecular weight is 309 g/mol. The van der Waals surface area contributed by atoms with Crippen molar-refractivity contribution in [2.45, 2.75) is 25.8 Å². The van der Waals surface area contributed by atoms with Crippen molar-refractivity contribution >= 4 is 17.2 Å². The molecule has 2 aromatic rings. The number of nitriles is 1. The van der Waals surface area contributed by atoms with Crippen LogP contribution in [0.25, 0.3) is 5.57 Å². The van der Waals surface area contributed by atoms with Crippen molar-refractivity contribution < 1.29 is 4.79 Å². The van der Waals surface area contributed by atoms with Gasteiger partial charge < -0.3 is 10.6 Å². The molecule has 8 heteroatoms. The van der Waals surface area contributed by atoms with Gasteiger partial charge >= 0.3 is 0 Å². The number of anilines is 1. The van der Waals surface area contributed by atoms with Gasteiger partial charge in [-0.2, -0.15) is 10.5 Å². The first-order chi connectivity index (χ1) is 11.0. The highest BCUT2D eigenvalue weighted by atomic mass is 16.1. The Hall–Kier alpha value is -3.21. The second kappa shape index (κ2) is 5.53. The standard InChI is InChI=1S/C15H15N7O/c1-15(2)6-9-3-4-11(5-12(9)14(23)18-15)17-8-10(7-16)13-19-21-22-20-13/h3-5,8,17H,6H2,1-2H3,(H,18,23)(H,19,20,21,22). The molecule has 0 bridgehead atoms. The summed E-state index contributed by atoms with van der Waals surface area (Å²) in [5.41, 5.74) is 2.34. The minimum atomic E-state index is -0.245. The molecule has 1 aromatic carbocycles. The molecule has 3 N–H and O–H groups in total. The van der Waals surface area contributed by atoms with Gasteiger partial charge in [0.25, 0.3) is 5.91 Å². The number of nitrogens with zero attached hydrogens (tertiary/aromatic N) is 4. The van der Waals surface area contributed by atoms with Crippen molar-refractivity contribution in [3.05, 3.63) is 41.4 Å². The maximum atomic E-state index is 12.2. The summed E-state index contributed by atoms with van der Waals surface area (Å²) in [6, 6.07) is 7.55. The number of hydrogen-bond acceptors (Lipinski definition) is 6. The van der Waals surface area contributed by atoms with Crippen LogP contribution in [0.3, 0.4) is 0 Å². The van der Waals surface area contributed by atoms with E-state index in [0.717, 1.165) is 12.0 Å². The average Bonchev–Trinajstić information content (AvgIpc) is 3.01. The smallest absolute Gasteiger partial charge is 0.252 e. The zero-order valence-electron chi connectivity index (χ0n) is 12.7. The van der Waals surface area contributed by atoms with Crippen LogP contribution < -0.4 is 10.6 Å². The Morgan fingerprint density at radius 3 is 3.00 bits per heavy atom. The molecule has 0 atom stereocenters. The van der Waals surface area contributed by atoms with Gasteiger partial charge in [0.1, 0.15) is 11.6 Å². The van der Waals surface area contributed by atoms with Crippen molar-refractivity contribution in [1.82, 2.24) is 25.9 Å². The highest BCUT2D eigenvalue weighted by Gasteiger charge is 2.29. The van der Waals surface area contributed by atoms with Crippen LogP contribution in [0.2, 0.25) is 0 Å². The highest BCUT2D eigenvalue weighted by molar-refractivity contribution is 5.98. The molecule has 1 aliphatic rings. The van der Waals surface area contributed by atoms with Gasteiger partial charge in [-0.3, -0.25) is 4.79 Å². The van der Waals surface area contributed by atoms with Crippen LogP contribution in [0.4, 0.5) is 5.69 Å². The van der Waals surface area contributed by atoms with Crippen molar-refractivity contribution in [1.29, 1.82) is 5.26 Å². The first-order valence-electron chi connectivity index (χ1n) is 7.04. The number of benzene rings is 1. The number of hydrogen-bond donors (Lipinski definition) is 3. The Morgan fingerprint density at radius 1 is 1.48 bits per heavy atom. The molecule has 1 aliphatic heterocycles. The molecule has 116 valence electrons. The van der Waals surface area contributed by atoms with Gasteiger partial charge in [0, 0.05) is 23.0 Å². The predicted molar refractivity (Wildman–Crippen MR) is 83.1 cm³/mol. The van der Waals surface area contributed by atoms with Gasteiger partial charge in [0.2, 0.25) is 5.82 Å². The molecule has 23 heavy (non-hydrogen) atoms. The minimum Gasteiger partial charge on any atom is -0.360 e. The Morgan fingerprint density at radius 2 is 2.30 bits per heavy atom. The summed E-state index contributed by atoms with van der Waals surface area (Å²) in [6.07, 6.45) is 2.26. The van der Waals surface area contributed by atoms with Gasteiger partial charge in [-0.25, -0.2) is 0 Å². The SMILES string of the molecule is CC1(C)Cc2ccc(NC=C(C#N)c3nn[nH]n3)cc2C(=O)N1. The molecule has 3 rings (SSSR count). The van der Waals surface area contributed by atoms with E-state index >= 15 is 0 Å². The molecule has 0 saturated heterocycles. The Balaban J connectivity index is 1.85. The predicted octanol–water partition coefficient (Wildman–Crippen LogP) is 1.24. The molecule has 1 amide bonds. The number of rotatable bonds is 3. The van der Waals surface area contributed by atoms with Crippen molar-refractivity contribution in [2.24, 2.45) is 0 Å². The van der Waals surface area contributed by atoms with Gasteiger partial charge in [-0.15, -0.1) is 10.2 Å². The fourth-order valence-corrected chi connectivity index (χ4v) is 2.50. The van der Waals surface area contributed by atoms with Crippen LogP contribution in [0.5, 0.6) is 0 Å². The van der Waals surface area contributed by atoms with E-state index in [0.29, 0.717) is 11.3 Å². The number of carbonyl (C=O) groups is 1. The summed E-state index contributed by atoms with van der Waals surface area (Å²) < 4.78 is 0. The molecule has 0 saturated carbocycles. The zero-order valence-corrected chi connectivity index (χ0v) is 12.7. The Kier molecular flexibility index (Phi) is 3.54. The lowest BCUT2D eigenvalue weighted by Crippen LogP contribution is -2.49. The second-order valence-electron chi connectivity index (χ2n) is 5.94. The van der Waals surface area contributed by atoms with E-state index in [1.54, 1.807) is 6.07 Å². The summed E-state index contributed by atoms with van der Waals surface area (Å²) in [7, 11) is 0. The van der Waals surface area contributed by atoms with Gasteiger partial charge in [0.15, 0.2) is 0 Å². The molecule has 0 aliphatic carbocycles. The van der Waals surface area contributed by atoms with Crippen LogP contribution in [0.1, 0.15) is 35.6 Å². The normalized spacial score (nSPS) is 16.2. The molecule has 0 unspecified atom stereocenters. The van der Waals surface area contributed by atoms with Crippen LogP contribution in [-0.4, -0.2) is 32.1 Å². The van der Waals surface area contributed by atoms with Crippen molar-refractivity contribution in [3.8, 4) is 6.07 Å². The van der Waals surface area contributed by atoms with Gasteiger partial charge in [0.05, 0.1) is 0 Å². The maximum Gasteiger partial charge on any atom is 0.252 e. The molecular weight excluding hydrogens is 294 g/mol. The number of fused-ring (bicyclic) bond motifs is 1. The number of aromatic amines is 1. The molecule has 0 fully saturated rings. The minimum absolute atomic E-state index is 0.0949. The van der Waals surface area contributed by atoms with Gasteiger partial charge in [-0.05, 0) is 43.2 Å². The van der Waals surface area contributed by atoms with E-state index in [1.165, 1.54) is 6.20 Å². The highest BCUT2D eigenvalue weighted by Crippen LogP contribution is 2.25. The lowest BCUT2D eigenvalue weighted by atomic mass is 9.87. The number of H-pyrrole nitrogens is 1. The number of carbonyl (C=O) groups excluding carboxylic acids is 1. The quantitative estimate of drug-likeness (QED) is 0.734. The third-order valence-electron chi connectivity index (χ3n) is 3.53. The van der Waals surface area contributed by atoms with Crippen LogP contribution in [-0.2, 0) is 6.42 Å². The summed E-state index contributed by atoms with van der Waals surface area (Å²) in [4.78, 5) is 12.2.